The topological polar surface area (TPSA) is 79.4 Å². The van der Waals surface area contributed by atoms with E-state index in [1.54, 1.807) is 12.3 Å². The minimum atomic E-state index is -0.248. The summed E-state index contributed by atoms with van der Waals surface area (Å²) in [5.74, 6) is 0.422. The van der Waals surface area contributed by atoms with Crippen molar-refractivity contribution >= 4 is 11.7 Å². The van der Waals surface area contributed by atoms with E-state index in [0.717, 1.165) is 39.4 Å². The highest BCUT2D eigenvalue weighted by molar-refractivity contribution is 5.92. The zero-order valence-corrected chi connectivity index (χ0v) is 12.0. The molecule has 114 valence electrons. The Balaban J connectivity index is 1.74. The maximum Gasteiger partial charge on any atom is 0.271 e. The van der Waals surface area contributed by atoms with Crippen LogP contribution in [0.25, 0.3) is 0 Å². The maximum absolute atomic E-state index is 11.6. The minimum absolute atomic E-state index is 0.248. The Morgan fingerprint density at radius 2 is 2.19 bits per heavy atom. The van der Waals surface area contributed by atoms with Crippen molar-refractivity contribution in [3.05, 3.63) is 30.7 Å². The van der Waals surface area contributed by atoms with Gasteiger partial charge < -0.3 is 15.4 Å². The van der Waals surface area contributed by atoms with Crippen molar-refractivity contribution in [1.82, 2.24) is 20.2 Å². The zero-order valence-electron chi connectivity index (χ0n) is 12.0. The molecule has 2 N–H and O–H groups in total. The highest BCUT2D eigenvalue weighted by Gasteiger charge is 2.10. The molecule has 0 radical (unpaired) electrons. The molecule has 1 aromatic heterocycles. The molecule has 0 bridgehead atoms. The highest BCUT2D eigenvalue weighted by atomic mass is 16.5. The summed E-state index contributed by atoms with van der Waals surface area (Å²) in [6.07, 6.45) is 4.66. The van der Waals surface area contributed by atoms with Gasteiger partial charge in [0.1, 0.15) is 11.5 Å². The lowest BCUT2D eigenvalue weighted by atomic mass is 10.4. The average molecular weight is 291 g/mol. The largest absolute Gasteiger partial charge is 0.379 e. The molecule has 21 heavy (non-hydrogen) atoms. The Morgan fingerprint density at radius 3 is 2.86 bits per heavy atom. The van der Waals surface area contributed by atoms with Crippen molar-refractivity contribution in [3.8, 4) is 0 Å². The Hall–Kier alpha value is -1.99. The monoisotopic (exact) mass is 291 g/mol. The van der Waals surface area contributed by atoms with E-state index in [1.165, 1.54) is 6.20 Å². The highest BCUT2D eigenvalue weighted by Crippen LogP contribution is 2.02. The molecule has 0 saturated carbocycles. The van der Waals surface area contributed by atoms with Crippen LogP contribution in [0.4, 0.5) is 5.82 Å². The molecule has 0 aromatic carbocycles. The van der Waals surface area contributed by atoms with Crippen molar-refractivity contribution < 1.29 is 9.53 Å². The molecule has 0 aliphatic carbocycles. The molecule has 1 aliphatic heterocycles. The number of amides is 1. The van der Waals surface area contributed by atoms with Crippen LogP contribution in [0.3, 0.4) is 0 Å². The number of rotatable bonds is 7. The van der Waals surface area contributed by atoms with Gasteiger partial charge in [0, 0.05) is 32.7 Å². The summed E-state index contributed by atoms with van der Waals surface area (Å²) in [6, 6.07) is 0. The predicted octanol–water partition coefficient (Wildman–Crippen LogP) is 0.137. The van der Waals surface area contributed by atoms with Crippen LogP contribution in [0, 0.1) is 0 Å². The lowest BCUT2D eigenvalue weighted by Crippen LogP contribution is -2.39. The molecule has 1 amide bonds. The second-order valence-corrected chi connectivity index (χ2v) is 4.67. The van der Waals surface area contributed by atoms with Gasteiger partial charge in [0.25, 0.3) is 5.91 Å². The zero-order chi connectivity index (χ0) is 14.9. The van der Waals surface area contributed by atoms with E-state index in [9.17, 15) is 4.79 Å². The first-order valence-corrected chi connectivity index (χ1v) is 7.04. The lowest BCUT2D eigenvalue weighted by molar-refractivity contribution is 0.0398. The lowest BCUT2D eigenvalue weighted by Gasteiger charge is -2.26. The van der Waals surface area contributed by atoms with E-state index in [1.807, 2.05) is 0 Å². The number of hydrogen-bond donors (Lipinski definition) is 2. The van der Waals surface area contributed by atoms with Crippen LogP contribution in [0.2, 0.25) is 0 Å². The number of morpholine rings is 1. The van der Waals surface area contributed by atoms with Crippen LogP contribution in [-0.2, 0) is 4.74 Å². The van der Waals surface area contributed by atoms with Gasteiger partial charge in [-0.05, 0) is 0 Å². The fraction of sp³-hybridized carbons (Fsp3) is 0.500. The summed E-state index contributed by atoms with van der Waals surface area (Å²) in [5.41, 5.74) is 0.301. The quantitative estimate of drug-likeness (QED) is 0.696. The summed E-state index contributed by atoms with van der Waals surface area (Å²) in [4.78, 5) is 22.2. The van der Waals surface area contributed by atoms with E-state index in [-0.39, 0.29) is 5.91 Å². The Kier molecular flexibility index (Phi) is 6.11. The standard InChI is InChI=1S/C14H21N5O2/c1-2-3-16-14(20)12-10-18-13(11-17-12)15-4-5-19-6-8-21-9-7-19/h2,10-11H,1,3-9H2,(H,15,18)(H,16,20). The molecular weight excluding hydrogens is 270 g/mol. The number of anilines is 1. The second-order valence-electron chi connectivity index (χ2n) is 4.67. The van der Waals surface area contributed by atoms with Gasteiger partial charge in [0.05, 0.1) is 25.6 Å². The second kappa shape index (κ2) is 8.33. The van der Waals surface area contributed by atoms with Crippen LogP contribution in [0.1, 0.15) is 10.5 Å². The van der Waals surface area contributed by atoms with Gasteiger partial charge in [0.2, 0.25) is 0 Å². The molecule has 0 atom stereocenters. The summed E-state index contributed by atoms with van der Waals surface area (Å²) in [5, 5.41) is 5.85. The third kappa shape index (κ3) is 5.13. The van der Waals surface area contributed by atoms with Gasteiger partial charge in [-0.15, -0.1) is 6.58 Å². The number of nitrogens with zero attached hydrogens (tertiary/aromatic N) is 3. The molecule has 1 fully saturated rings. The van der Waals surface area contributed by atoms with Crippen molar-refractivity contribution in [2.75, 3.05) is 51.3 Å². The fourth-order valence-corrected chi connectivity index (χ4v) is 1.96. The third-order valence-electron chi connectivity index (χ3n) is 3.13. The van der Waals surface area contributed by atoms with Crippen LogP contribution < -0.4 is 10.6 Å². The first-order valence-electron chi connectivity index (χ1n) is 7.04. The summed E-state index contributed by atoms with van der Waals surface area (Å²) in [7, 11) is 0. The Bertz CT molecular complexity index is 457. The van der Waals surface area contributed by atoms with Crippen molar-refractivity contribution in [1.29, 1.82) is 0 Å². The third-order valence-corrected chi connectivity index (χ3v) is 3.13. The van der Waals surface area contributed by atoms with Gasteiger partial charge in [0.15, 0.2) is 0 Å². The van der Waals surface area contributed by atoms with Gasteiger partial charge in [-0.25, -0.2) is 9.97 Å². The molecule has 1 saturated heterocycles. The molecule has 7 nitrogen and oxygen atoms in total. The molecule has 1 aromatic rings. The first-order chi connectivity index (χ1) is 10.3. The molecule has 2 rings (SSSR count). The number of carbonyl (C=O) groups is 1. The van der Waals surface area contributed by atoms with E-state index in [0.29, 0.717) is 18.1 Å². The van der Waals surface area contributed by atoms with E-state index >= 15 is 0 Å². The summed E-state index contributed by atoms with van der Waals surface area (Å²) >= 11 is 0. The van der Waals surface area contributed by atoms with Gasteiger partial charge >= 0.3 is 0 Å². The Morgan fingerprint density at radius 1 is 1.38 bits per heavy atom. The number of hydrogen-bond acceptors (Lipinski definition) is 6. The molecule has 0 spiro atoms. The molecule has 0 unspecified atom stereocenters. The van der Waals surface area contributed by atoms with Gasteiger partial charge in [-0.2, -0.15) is 0 Å². The molecule has 7 heteroatoms. The molecular formula is C14H21N5O2. The normalized spacial score (nSPS) is 15.4. The SMILES string of the molecule is C=CCNC(=O)c1cnc(NCCN2CCOCC2)cn1. The number of carbonyl (C=O) groups excluding carboxylic acids is 1. The van der Waals surface area contributed by atoms with Gasteiger partial charge in [-0.1, -0.05) is 6.08 Å². The maximum atomic E-state index is 11.6. The van der Waals surface area contributed by atoms with Gasteiger partial charge in [-0.3, -0.25) is 9.69 Å². The van der Waals surface area contributed by atoms with Crippen molar-refractivity contribution in [3.63, 3.8) is 0 Å². The first kappa shape index (κ1) is 15.4. The Labute approximate surface area is 124 Å². The average Bonchev–Trinajstić information content (AvgIpc) is 2.54. The summed E-state index contributed by atoms with van der Waals surface area (Å²) in [6.45, 7) is 9.22. The van der Waals surface area contributed by atoms with Crippen LogP contribution in [-0.4, -0.2) is 66.7 Å². The van der Waals surface area contributed by atoms with Crippen LogP contribution >= 0.6 is 0 Å². The fourth-order valence-electron chi connectivity index (χ4n) is 1.96. The van der Waals surface area contributed by atoms with Crippen molar-refractivity contribution in [2.24, 2.45) is 0 Å². The number of nitrogens with one attached hydrogen (secondary N) is 2. The summed E-state index contributed by atoms with van der Waals surface area (Å²) < 4.78 is 5.30. The van der Waals surface area contributed by atoms with Crippen LogP contribution in [0.5, 0.6) is 0 Å². The number of aromatic nitrogens is 2. The van der Waals surface area contributed by atoms with E-state index < -0.39 is 0 Å². The smallest absolute Gasteiger partial charge is 0.271 e. The molecule has 1 aliphatic rings. The van der Waals surface area contributed by atoms with E-state index in [4.69, 9.17) is 4.74 Å². The molecule has 2 heterocycles. The predicted molar refractivity (Wildman–Crippen MR) is 80.3 cm³/mol. The number of ether oxygens (including phenoxy) is 1. The van der Waals surface area contributed by atoms with E-state index in [2.05, 4.69) is 32.1 Å². The van der Waals surface area contributed by atoms with Crippen LogP contribution in [0.15, 0.2) is 25.0 Å². The van der Waals surface area contributed by atoms with Crippen molar-refractivity contribution in [2.45, 2.75) is 0 Å². The minimum Gasteiger partial charge on any atom is -0.379 e.